The predicted octanol–water partition coefficient (Wildman–Crippen LogP) is 4.34. The molecule has 2 heterocycles. The van der Waals surface area contributed by atoms with E-state index in [4.69, 9.17) is 4.74 Å². The number of halogens is 2. The highest BCUT2D eigenvalue weighted by Gasteiger charge is 2.31. The molecule has 1 aliphatic rings. The number of piperidine rings is 1. The summed E-state index contributed by atoms with van der Waals surface area (Å²) < 4.78 is 19.6. The van der Waals surface area contributed by atoms with E-state index < -0.39 is 5.82 Å². The fourth-order valence-electron chi connectivity index (χ4n) is 3.37. The maximum atomic E-state index is 13.5. The molecule has 27 heavy (non-hydrogen) atoms. The highest BCUT2D eigenvalue weighted by Crippen LogP contribution is 2.27. The Morgan fingerprint density at radius 1 is 1.37 bits per heavy atom. The van der Waals surface area contributed by atoms with Crippen LogP contribution in [0, 0.1) is 11.7 Å². The lowest BCUT2D eigenvalue weighted by Crippen LogP contribution is -2.49. The SMILES string of the molecule is COc1cc(F)ccc1C(=O)N1C[C@@H](C)CC[C@H]1CNc1ccc(Br)cn1. The summed E-state index contributed by atoms with van der Waals surface area (Å²) in [5.41, 5.74) is 0.389. The minimum atomic E-state index is -0.421. The topological polar surface area (TPSA) is 54.5 Å². The Morgan fingerprint density at radius 2 is 2.19 bits per heavy atom. The van der Waals surface area contributed by atoms with Gasteiger partial charge in [-0.2, -0.15) is 0 Å². The Kier molecular flexibility index (Phi) is 6.31. The molecule has 1 amide bonds. The van der Waals surface area contributed by atoms with E-state index in [1.165, 1.54) is 25.3 Å². The molecule has 1 fully saturated rings. The van der Waals surface area contributed by atoms with Gasteiger partial charge in [0.2, 0.25) is 0 Å². The Bertz CT molecular complexity index is 800. The van der Waals surface area contributed by atoms with Gasteiger partial charge in [0.05, 0.1) is 12.7 Å². The van der Waals surface area contributed by atoms with Gasteiger partial charge in [0.1, 0.15) is 17.4 Å². The van der Waals surface area contributed by atoms with E-state index in [1.54, 1.807) is 6.20 Å². The molecule has 1 aliphatic heterocycles. The van der Waals surface area contributed by atoms with Crippen molar-refractivity contribution < 1.29 is 13.9 Å². The molecule has 5 nitrogen and oxygen atoms in total. The molecule has 0 saturated carbocycles. The number of aromatic nitrogens is 1. The Balaban J connectivity index is 1.77. The van der Waals surface area contributed by atoms with Gasteiger partial charge in [-0.05, 0) is 59.0 Å². The third kappa shape index (κ3) is 4.77. The fraction of sp³-hybridized carbons (Fsp3) is 0.400. The first-order valence-electron chi connectivity index (χ1n) is 8.98. The zero-order valence-corrected chi connectivity index (χ0v) is 17.0. The molecule has 1 aromatic heterocycles. The number of anilines is 1. The zero-order valence-electron chi connectivity index (χ0n) is 15.4. The van der Waals surface area contributed by atoms with Crippen LogP contribution in [0.4, 0.5) is 10.2 Å². The van der Waals surface area contributed by atoms with Crippen molar-refractivity contribution in [2.45, 2.75) is 25.8 Å². The number of hydrogen-bond acceptors (Lipinski definition) is 4. The normalized spacial score (nSPS) is 19.6. The monoisotopic (exact) mass is 435 g/mol. The molecule has 1 aromatic carbocycles. The molecule has 1 N–H and O–H groups in total. The number of pyridine rings is 1. The van der Waals surface area contributed by atoms with Crippen LogP contribution in [0.15, 0.2) is 41.0 Å². The van der Waals surface area contributed by atoms with Crippen molar-refractivity contribution in [3.63, 3.8) is 0 Å². The number of carbonyl (C=O) groups is 1. The molecule has 0 bridgehead atoms. The van der Waals surface area contributed by atoms with Gasteiger partial charge in [0.15, 0.2) is 0 Å². The molecule has 144 valence electrons. The van der Waals surface area contributed by atoms with Crippen molar-refractivity contribution in [2.24, 2.45) is 5.92 Å². The van der Waals surface area contributed by atoms with Gasteiger partial charge in [-0.15, -0.1) is 0 Å². The van der Waals surface area contributed by atoms with Gasteiger partial charge in [-0.3, -0.25) is 4.79 Å². The number of likely N-dealkylation sites (tertiary alicyclic amines) is 1. The average molecular weight is 436 g/mol. The van der Waals surface area contributed by atoms with E-state index in [0.717, 1.165) is 23.1 Å². The van der Waals surface area contributed by atoms with Crippen molar-refractivity contribution in [3.8, 4) is 5.75 Å². The van der Waals surface area contributed by atoms with Gasteiger partial charge in [-0.25, -0.2) is 9.37 Å². The molecule has 0 radical (unpaired) electrons. The van der Waals surface area contributed by atoms with E-state index in [2.05, 4.69) is 33.2 Å². The Labute approximate surface area is 167 Å². The van der Waals surface area contributed by atoms with Crippen LogP contribution in [0.2, 0.25) is 0 Å². The van der Waals surface area contributed by atoms with Crippen LogP contribution in [0.5, 0.6) is 5.75 Å². The standard InChI is InChI=1S/C20H23BrFN3O2/c1-13-3-6-16(11-24-19-8-4-14(21)10-23-19)25(12-13)20(26)17-7-5-15(22)9-18(17)27-2/h4-5,7-10,13,16H,3,6,11-12H2,1-2H3,(H,23,24)/t13-,16-/m0/s1. The zero-order chi connectivity index (χ0) is 19.4. The molecule has 1 saturated heterocycles. The van der Waals surface area contributed by atoms with Gasteiger partial charge in [-0.1, -0.05) is 6.92 Å². The summed E-state index contributed by atoms with van der Waals surface area (Å²) >= 11 is 3.37. The smallest absolute Gasteiger partial charge is 0.257 e. The number of rotatable bonds is 5. The quantitative estimate of drug-likeness (QED) is 0.758. The lowest BCUT2D eigenvalue weighted by atomic mass is 9.93. The maximum Gasteiger partial charge on any atom is 0.257 e. The van der Waals surface area contributed by atoms with Crippen LogP contribution in [-0.4, -0.2) is 42.0 Å². The van der Waals surface area contributed by atoms with Gasteiger partial charge in [0.25, 0.3) is 5.91 Å². The predicted molar refractivity (Wildman–Crippen MR) is 107 cm³/mol. The van der Waals surface area contributed by atoms with E-state index >= 15 is 0 Å². The lowest BCUT2D eigenvalue weighted by Gasteiger charge is -2.39. The highest BCUT2D eigenvalue weighted by atomic mass is 79.9. The summed E-state index contributed by atoms with van der Waals surface area (Å²) in [6, 6.07) is 7.89. The highest BCUT2D eigenvalue weighted by molar-refractivity contribution is 9.10. The third-order valence-electron chi connectivity index (χ3n) is 4.84. The molecule has 2 aromatic rings. The fourth-order valence-corrected chi connectivity index (χ4v) is 3.60. The molecule has 0 aliphatic carbocycles. The number of amides is 1. The second-order valence-corrected chi connectivity index (χ2v) is 7.80. The molecule has 3 rings (SSSR count). The summed E-state index contributed by atoms with van der Waals surface area (Å²) in [4.78, 5) is 19.4. The molecule has 0 spiro atoms. The number of ether oxygens (including phenoxy) is 1. The van der Waals surface area contributed by atoms with E-state index in [9.17, 15) is 9.18 Å². The maximum absolute atomic E-state index is 13.5. The number of hydrogen-bond donors (Lipinski definition) is 1. The Morgan fingerprint density at radius 3 is 2.89 bits per heavy atom. The Hall–Kier alpha value is -2.15. The van der Waals surface area contributed by atoms with E-state index in [0.29, 0.717) is 24.6 Å². The summed E-state index contributed by atoms with van der Waals surface area (Å²) in [5.74, 6) is 0.898. The molecular weight excluding hydrogens is 413 g/mol. The van der Waals surface area contributed by atoms with Gasteiger partial charge < -0.3 is 15.0 Å². The summed E-state index contributed by atoms with van der Waals surface area (Å²) in [6.45, 7) is 3.41. The van der Waals surface area contributed by atoms with Crippen LogP contribution >= 0.6 is 15.9 Å². The van der Waals surface area contributed by atoms with Crippen molar-refractivity contribution in [2.75, 3.05) is 25.5 Å². The number of carbonyl (C=O) groups excluding carboxylic acids is 1. The first kappa shape index (κ1) is 19.6. The van der Waals surface area contributed by atoms with Crippen molar-refractivity contribution >= 4 is 27.7 Å². The van der Waals surface area contributed by atoms with Crippen LogP contribution in [0.3, 0.4) is 0 Å². The second kappa shape index (κ2) is 8.69. The third-order valence-corrected chi connectivity index (χ3v) is 5.31. The summed E-state index contributed by atoms with van der Waals surface area (Å²) in [6.07, 6.45) is 3.70. The van der Waals surface area contributed by atoms with Crippen LogP contribution in [-0.2, 0) is 0 Å². The molecule has 2 atom stereocenters. The first-order valence-corrected chi connectivity index (χ1v) is 9.77. The van der Waals surface area contributed by atoms with E-state index in [-0.39, 0.29) is 17.7 Å². The van der Waals surface area contributed by atoms with Crippen LogP contribution < -0.4 is 10.1 Å². The first-order chi connectivity index (χ1) is 13.0. The minimum Gasteiger partial charge on any atom is -0.496 e. The number of nitrogens with zero attached hydrogens (tertiary/aromatic N) is 2. The van der Waals surface area contributed by atoms with E-state index in [1.807, 2.05) is 17.0 Å². The van der Waals surface area contributed by atoms with Crippen molar-refractivity contribution in [1.29, 1.82) is 0 Å². The number of methoxy groups -OCH3 is 1. The van der Waals surface area contributed by atoms with Gasteiger partial charge in [0, 0.05) is 35.9 Å². The van der Waals surface area contributed by atoms with Crippen LogP contribution in [0.25, 0.3) is 0 Å². The minimum absolute atomic E-state index is 0.0360. The van der Waals surface area contributed by atoms with Crippen molar-refractivity contribution in [3.05, 3.63) is 52.4 Å². The van der Waals surface area contributed by atoms with Gasteiger partial charge >= 0.3 is 0 Å². The second-order valence-electron chi connectivity index (χ2n) is 6.88. The molecule has 7 heteroatoms. The largest absolute Gasteiger partial charge is 0.496 e. The summed E-state index contributed by atoms with van der Waals surface area (Å²) in [7, 11) is 1.45. The van der Waals surface area contributed by atoms with Crippen LogP contribution in [0.1, 0.15) is 30.1 Å². The summed E-state index contributed by atoms with van der Waals surface area (Å²) in [5, 5.41) is 3.31. The number of benzene rings is 1. The van der Waals surface area contributed by atoms with Crippen molar-refractivity contribution in [1.82, 2.24) is 9.88 Å². The number of nitrogens with one attached hydrogen (secondary N) is 1. The average Bonchev–Trinajstić information content (AvgIpc) is 2.67. The lowest BCUT2D eigenvalue weighted by molar-refractivity contribution is 0.0562. The molecular formula is C20H23BrFN3O2. The molecule has 0 unspecified atom stereocenters.